The maximum atomic E-state index is 10.9. The highest BCUT2D eigenvalue weighted by Gasteiger charge is 2.05. The van der Waals surface area contributed by atoms with Crippen molar-refractivity contribution in [1.29, 1.82) is 0 Å². The summed E-state index contributed by atoms with van der Waals surface area (Å²) in [6.07, 6.45) is 5.41. The number of carbonyl (C=O) groups is 1. The van der Waals surface area contributed by atoms with E-state index in [1.807, 2.05) is 11.9 Å². The average Bonchev–Trinajstić information content (AvgIpc) is 2.27. The minimum atomic E-state index is -0.194. The molecule has 0 N–H and O–H groups in total. The Morgan fingerprint density at radius 1 is 1.53 bits per heavy atom. The van der Waals surface area contributed by atoms with Gasteiger partial charge in [0.1, 0.15) is 0 Å². The van der Waals surface area contributed by atoms with Crippen LogP contribution in [0.5, 0.6) is 0 Å². The third kappa shape index (κ3) is 4.51. The second kappa shape index (κ2) is 6.08. The first-order valence-corrected chi connectivity index (χ1v) is 4.72. The van der Waals surface area contributed by atoms with Gasteiger partial charge in [0.15, 0.2) is 0 Å². The molecule has 0 amide bonds. The number of hydrogen-bond acceptors (Lipinski definition) is 5. The van der Waals surface area contributed by atoms with Gasteiger partial charge in [-0.2, -0.15) is 0 Å². The van der Waals surface area contributed by atoms with Crippen molar-refractivity contribution in [2.45, 2.75) is 13.0 Å². The van der Waals surface area contributed by atoms with E-state index in [0.717, 1.165) is 5.69 Å². The van der Waals surface area contributed by atoms with E-state index in [0.29, 0.717) is 19.5 Å². The first kappa shape index (κ1) is 11.6. The molecule has 0 aliphatic heterocycles. The summed E-state index contributed by atoms with van der Waals surface area (Å²) in [5.41, 5.74) is 0.893. The van der Waals surface area contributed by atoms with E-state index in [4.69, 9.17) is 0 Å². The Bertz CT molecular complexity index is 303. The number of methoxy groups -OCH3 is 1. The van der Waals surface area contributed by atoms with Crippen LogP contribution in [0.25, 0.3) is 0 Å². The zero-order chi connectivity index (χ0) is 11.1. The SMILES string of the molecule is COC(=O)CCN(C)Cc1cnccn1. The van der Waals surface area contributed by atoms with Crippen molar-refractivity contribution in [3.63, 3.8) is 0 Å². The Labute approximate surface area is 89.1 Å². The fourth-order valence-electron chi connectivity index (χ4n) is 1.15. The molecule has 0 radical (unpaired) electrons. The molecule has 1 heterocycles. The van der Waals surface area contributed by atoms with Gasteiger partial charge in [-0.15, -0.1) is 0 Å². The Morgan fingerprint density at radius 2 is 2.33 bits per heavy atom. The minimum absolute atomic E-state index is 0.194. The molecule has 0 aliphatic rings. The predicted molar refractivity (Wildman–Crippen MR) is 55.0 cm³/mol. The lowest BCUT2D eigenvalue weighted by Crippen LogP contribution is -2.22. The van der Waals surface area contributed by atoms with Crippen molar-refractivity contribution < 1.29 is 9.53 Å². The van der Waals surface area contributed by atoms with Gasteiger partial charge in [0.05, 0.1) is 19.2 Å². The van der Waals surface area contributed by atoms with Crippen molar-refractivity contribution >= 4 is 5.97 Å². The highest BCUT2D eigenvalue weighted by molar-refractivity contribution is 5.69. The normalized spacial score (nSPS) is 10.3. The molecular formula is C10H15N3O2. The quantitative estimate of drug-likeness (QED) is 0.660. The van der Waals surface area contributed by atoms with Crippen LogP contribution < -0.4 is 0 Å². The third-order valence-corrected chi connectivity index (χ3v) is 1.97. The fourth-order valence-corrected chi connectivity index (χ4v) is 1.15. The van der Waals surface area contributed by atoms with E-state index in [-0.39, 0.29) is 5.97 Å². The van der Waals surface area contributed by atoms with Crippen LogP contribution in [0, 0.1) is 0 Å². The summed E-state index contributed by atoms with van der Waals surface area (Å²) < 4.78 is 4.56. The van der Waals surface area contributed by atoms with E-state index < -0.39 is 0 Å². The largest absolute Gasteiger partial charge is 0.469 e. The number of esters is 1. The lowest BCUT2D eigenvalue weighted by molar-refractivity contribution is -0.140. The molecule has 0 spiro atoms. The molecule has 15 heavy (non-hydrogen) atoms. The summed E-state index contributed by atoms with van der Waals surface area (Å²) in [7, 11) is 3.32. The fraction of sp³-hybridized carbons (Fsp3) is 0.500. The van der Waals surface area contributed by atoms with Crippen LogP contribution in [0.15, 0.2) is 18.6 Å². The first-order chi connectivity index (χ1) is 7.22. The number of carbonyl (C=O) groups excluding carboxylic acids is 1. The third-order valence-electron chi connectivity index (χ3n) is 1.97. The molecule has 1 aromatic rings. The van der Waals surface area contributed by atoms with Gasteiger partial charge in [0, 0.05) is 31.7 Å². The van der Waals surface area contributed by atoms with Crippen LogP contribution in [0.1, 0.15) is 12.1 Å². The van der Waals surface area contributed by atoms with Crippen molar-refractivity contribution in [2.24, 2.45) is 0 Å². The predicted octanol–water partition coefficient (Wildman–Crippen LogP) is 0.471. The Balaban J connectivity index is 2.30. The minimum Gasteiger partial charge on any atom is -0.469 e. The zero-order valence-corrected chi connectivity index (χ0v) is 9.01. The summed E-state index contributed by atoms with van der Waals surface area (Å²) in [5, 5.41) is 0. The van der Waals surface area contributed by atoms with Crippen LogP contribution in [0.3, 0.4) is 0 Å². The molecule has 1 aromatic heterocycles. The first-order valence-electron chi connectivity index (χ1n) is 4.72. The summed E-state index contributed by atoms with van der Waals surface area (Å²) in [5.74, 6) is -0.194. The molecule has 5 heteroatoms. The van der Waals surface area contributed by atoms with Crippen LogP contribution in [-0.4, -0.2) is 41.5 Å². The van der Waals surface area contributed by atoms with Crippen molar-refractivity contribution in [1.82, 2.24) is 14.9 Å². The van der Waals surface area contributed by atoms with Gasteiger partial charge in [0.25, 0.3) is 0 Å². The Morgan fingerprint density at radius 3 is 2.93 bits per heavy atom. The van der Waals surface area contributed by atoms with Crippen LogP contribution in [-0.2, 0) is 16.1 Å². The van der Waals surface area contributed by atoms with Gasteiger partial charge in [-0.25, -0.2) is 0 Å². The Hall–Kier alpha value is -1.49. The lowest BCUT2D eigenvalue weighted by Gasteiger charge is -2.14. The number of aromatic nitrogens is 2. The highest BCUT2D eigenvalue weighted by Crippen LogP contribution is 1.98. The molecule has 0 bridgehead atoms. The van der Waals surface area contributed by atoms with Crippen LogP contribution in [0.4, 0.5) is 0 Å². The maximum absolute atomic E-state index is 10.9. The van der Waals surface area contributed by atoms with Crippen molar-refractivity contribution in [2.75, 3.05) is 20.7 Å². The monoisotopic (exact) mass is 209 g/mol. The van der Waals surface area contributed by atoms with E-state index in [1.54, 1.807) is 18.6 Å². The molecule has 1 rings (SSSR count). The standard InChI is InChI=1S/C10H15N3O2/c1-13(6-3-10(14)15-2)8-9-7-11-4-5-12-9/h4-5,7H,3,6,8H2,1-2H3. The average molecular weight is 209 g/mol. The van der Waals surface area contributed by atoms with Crippen LogP contribution in [0.2, 0.25) is 0 Å². The number of ether oxygens (including phenoxy) is 1. The summed E-state index contributed by atoms with van der Waals surface area (Å²) >= 11 is 0. The van der Waals surface area contributed by atoms with Gasteiger partial charge >= 0.3 is 5.97 Å². The topological polar surface area (TPSA) is 55.3 Å². The molecule has 0 saturated heterocycles. The molecule has 0 saturated carbocycles. The summed E-state index contributed by atoms with van der Waals surface area (Å²) in [6, 6.07) is 0. The molecule has 0 aliphatic carbocycles. The molecule has 0 aromatic carbocycles. The molecule has 5 nitrogen and oxygen atoms in total. The van der Waals surface area contributed by atoms with Crippen molar-refractivity contribution in [3.05, 3.63) is 24.3 Å². The lowest BCUT2D eigenvalue weighted by atomic mass is 10.3. The van der Waals surface area contributed by atoms with Crippen LogP contribution >= 0.6 is 0 Å². The van der Waals surface area contributed by atoms with Crippen molar-refractivity contribution in [3.8, 4) is 0 Å². The van der Waals surface area contributed by atoms with Gasteiger partial charge < -0.3 is 4.74 Å². The maximum Gasteiger partial charge on any atom is 0.306 e. The van der Waals surface area contributed by atoms with E-state index >= 15 is 0 Å². The smallest absolute Gasteiger partial charge is 0.306 e. The Kier molecular flexibility index (Phi) is 4.70. The molecule has 0 fully saturated rings. The number of nitrogens with zero attached hydrogens (tertiary/aromatic N) is 3. The highest BCUT2D eigenvalue weighted by atomic mass is 16.5. The number of rotatable bonds is 5. The van der Waals surface area contributed by atoms with Gasteiger partial charge in [-0.05, 0) is 7.05 Å². The molecule has 0 unspecified atom stereocenters. The zero-order valence-electron chi connectivity index (χ0n) is 9.01. The van der Waals surface area contributed by atoms with E-state index in [2.05, 4.69) is 14.7 Å². The second-order valence-corrected chi connectivity index (χ2v) is 3.26. The number of hydrogen-bond donors (Lipinski definition) is 0. The van der Waals surface area contributed by atoms with Gasteiger partial charge in [0.2, 0.25) is 0 Å². The van der Waals surface area contributed by atoms with E-state index in [1.165, 1.54) is 7.11 Å². The second-order valence-electron chi connectivity index (χ2n) is 3.26. The summed E-state index contributed by atoms with van der Waals surface area (Å²) in [4.78, 5) is 21.0. The molecule has 82 valence electrons. The van der Waals surface area contributed by atoms with Gasteiger partial charge in [-0.3, -0.25) is 19.7 Å². The van der Waals surface area contributed by atoms with Gasteiger partial charge in [-0.1, -0.05) is 0 Å². The van der Waals surface area contributed by atoms with E-state index in [9.17, 15) is 4.79 Å². The molecule has 0 atom stereocenters. The molecular weight excluding hydrogens is 194 g/mol. The summed E-state index contributed by atoms with van der Waals surface area (Å²) in [6.45, 7) is 1.34.